The molecule has 0 aliphatic rings. The molecule has 2 unspecified atom stereocenters. The molecule has 0 aliphatic carbocycles. The number of aliphatic hydroxyl groups excluding tert-OH is 1. The van der Waals surface area contributed by atoms with E-state index in [9.17, 15) is 19.5 Å². The number of rotatable bonds is 15. The lowest BCUT2D eigenvalue weighted by atomic mass is 10.0. The summed E-state index contributed by atoms with van der Waals surface area (Å²) in [7, 11) is 0. The van der Waals surface area contributed by atoms with Crippen LogP contribution in [0.4, 0.5) is 0 Å². The molecule has 2 atom stereocenters. The average molecular weight is 373 g/mol. The molecule has 1 amide bonds. The van der Waals surface area contributed by atoms with E-state index >= 15 is 0 Å². The Balaban J connectivity index is 4.04. The van der Waals surface area contributed by atoms with E-state index in [-0.39, 0.29) is 37.4 Å². The molecule has 152 valence electrons. The van der Waals surface area contributed by atoms with Gasteiger partial charge in [-0.25, -0.2) is 0 Å². The molecule has 0 aliphatic heterocycles. The van der Waals surface area contributed by atoms with Gasteiger partial charge < -0.3 is 19.9 Å². The Hall–Kier alpha value is -1.63. The first-order valence-electron chi connectivity index (χ1n) is 9.74. The van der Waals surface area contributed by atoms with Gasteiger partial charge >= 0.3 is 11.9 Å². The van der Waals surface area contributed by atoms with Crippen molar-refractivity contribution in [2.24, 2.45) is 0 Å². The normalized spacial score (nSPS) is 12.9. The molecule has 0 spiro atoms. The minimum absolute atomic E-state index is 0.111. The summed E-state index contributed by atoms with van der Waals surface area (Å²) >= 11 is 0. The number of carbonyl (C=O) groups is 3. The third-order valence-electron chi connectivity index (χ3n) is 4.05. The second-order valence-electron chi connectivity index (χ2n) is 6.30. The van der Waals surface area contributed by atoms with E-state index in [1.807, 2.05) is 0 Å². The highest BCUT2D eigenvalue weighted by Crippen LogP contribution is 2.16. The van der Waals surface area contributed by atoms with Crippen LogP contribution in [-0.4, -0.2) is 41.9 Å². The topological polar surface area (TPSA) is 102 Å². The van der Waals surface area contributed by atoms with Gasteiger partial charge in [0.15, 0.2) is 6.73 Å². The van der Waals surface area contributed by atoms with Crippen molar-refractivity contribution in [3.05, 3.63) is 0 Å². The van der Waals surface area contributed by atoms with Crippen LogP contribution < -0.4 is 5.32 Å². The molecule has 0 rings (SSSR count). The summed E-state index contributed by atoms with van der Waals surface area (Å²) < 4.78 is 10.3. The van der Waals surface area contributed by atoms with Crippen molar-refractivity contribution in [2.45, 2.75) is 97.2 Å². The van der Waals surface area contributed by atoms with E-state index in [1.54, 1.807) is 13.8 Å². The fourth-order valence-corrected chi connectivity index (χ4v) is 2.38. The molecular formula is C19H35NO6. The molecule has 7 nitrogen and oxygen atoms in total. The molecule has 7 heteroatoms. The van der Waals surface area contributed by atoms with E-state index in [1.165, 1.54) is 0 Å². The third-order valence-corrected chi connectivity index (χ3v) is 4.05. The van der Waals surface area contributed by atoms with E-state index in [2.05, 4.69) is 12.2 Å². The number of hydrogen-bond acceptors (Lipinski definition) is 6. The highest BCUT2D eigenvalue weighted by Gasteiger charge is 2.22. The Morgan fingerprint density at radius 2 is 1.62 bits per heavy atom. The minimum Gasteiger partial charge on any atom is -0.460 e. The minimum atomic E-state index is -0.720. The van der Waals surface area contributed by atoms with Crippen LogP contribution in [0, 0.1) is 0 Å². The monoisotopic (exact) mass is 373 g/mol. The van der Waals surface area contributed by atoms with Gasteiger partial charge in [0.1, 0.15) is 6.10 Å². The quantitative estimate of drug-likeness (QED) is 0.260. The van der Waals surface area contributed by atoms with Crippen LogP contribution in [0.25, 0.3) is 0 Å². The van der Waals surface area contributed by atoms with E-state index in [0.29, 0.717) is 32.1 Å². The van der Waals surface area contributed by atoms with E-state index < -0.39 is 12.2 Å². The summed E-state index contributed by atoms with van der Waals surface area (Å²) in [6.45, 7) is 5.43. The van der Waals surface area contributed by atoms with Crippen molar-refractivity contribution in [2.75, 3.05) is 6.73 Å². The molecule has 0 saturated heterocycles. The molecular weight excluding hydrogens is 338 g/mol. The van der Waals surface area contributed by atoms with Gasteiger partial charge in [-0.15, -0.1) is 0 Å². The highest BCUT2D eigenvalue weighted by molar-refractivity contribution is 5.75. The summed E-state index contributed by atoms with van der Waals surface area (Å²) in [5, 5.41) is 12.8. The van der Waals surface area contributed by atoms with Crippen molar-refractivity contribution in [1.29, 1.82) is 0 Å². The number of nitrogens with one attached hydrogen (secondary N) is 1. The van der Waals surface area contributed by atoms with Crippen LogP contribution in [0.2, 0.25) is 0 Å². The fraction of sp³-hybridized carbons (Fsp3) is 0.842. The average Bonchev–Trinajstić information content (AvgIpc) is 2.63. The van der Waals surface area contributed by atoms with Crippen LogP contribution in [0.3, 0.4) is 0 Å². The number of amides is 1. The van der Waals surface area contributed by atoms with Crippen molar-refractivity contribution in [3.8, 4) is 0 Å². The first-order chi connectivity index (χ1) is 12.4. The smallest absolute Gasteiger partial charge is 0.307 e. The second-order valence-corrected chi connectivity index (χ2v) is 6.30. The molecule has 0 saturated carbocycles. The number of aliphatic hydroxyl groups is 1. The molecule has 0 aromatic heterocycles. The molecule has 0 radical (unpaired) electrons. The third kappa shape index (κ3) is 12.7. The maximum atomic E-state index is 11.5. The van der Waals surface area contributed by atoms with Gasteiger partial charge in [0, 0.05) is 19.3 Å². The van der Waals surface area contributed by atoms with Crippen LogP contribution in [-0.2, 0) is 23.9 Å². The first kappa shape index (κ1) is 24.4. The van der Waals surface area contributed by atoms with Crippen LogP contribution >= 0.6 is 0 Å². The predicted molar refractivity (Wildman–Crippen MR) is 98.2 cm³/mol. The van der Waals surface area contributed by atoms with Gasteiger partial charge in [-0.3, -0.25) is 14.4 Å². The highest BCUT2D eigenvalue weighted by atomic mass is 16.6. The van der Waals surface area contributed by atoms with Gasteiger partial charge in [0.2, 0.25) is 5.91 Å². The number of esters is 2. The van der Waals surface area contributed by atoms with Gasteiger partial charge in [-0.2, -0.15) is 0 Å². The standard InChI is InChI=1S/C19H35NO6/c1-4-7-8-12-16(26-18(23)6-3)15(21)11-9-10-13-19(24)25-14-20-17(22)5-2/h15-16,21H,4-14H2,1-3H3,(H,20,22). The Labute approximate surface area is 156 Å². The summed E-state index contributed by atoms with van der Waals surface area (Å²) in [6.07, 6.45) is 4.98. The molecule has 0 bridgehead atoms. The predicted octanol–water partition coefficient (Wildman–Crippen LogP) is 2.84. The summed E-state index contributed by atoms with van der Waals surface area (Å²) in [5.74, 6) is -0.854. The number of hydrogen-bond donors (Lipinski definition) is 2. The van der Waals surface area contributed by atoms with Crippen molar-refractivity contribution in [3.63, 3.8) is 0 Å². The summed E-state index contributed by atoms with van der Waals surface area (Å²) in [4.78, 5) is 34.1. The van der Waals surface area contributed by atoms with E-state index in [4.69, 9.17) is 9.47 Å². The van der Waals surface area contributed by atoms with Crippen molar-refractivity contribution in [1.82, 2.24) is 5.32 Å². The number of carbonyl (C=O) groups excluding carboxylic acids is 3. The van der Waals surface area contributed by atoms with Crippen molar-refractivity contribution >= 4 is 17.8 Å². The zero-order valence-electron chi connectivity index (χ0n) is 16.4. The summed E-state index contributed by atoms with van der Waals surface area (Å²) in [5.41, 5.74) is 0. The zero-order chi connectivity index (χ0) is 19.8. The van der Waals surface area contributed by atoms with Crippen LogP contribution in [0.15, 0.2) is 0 Å². The maximum Gasteiger partial charge on any atom is 0.307 e. The lowest BCUT2D eigenvalue weighted by molar-refractivity contribution is -0.155. The van der Waals surface area contributed by atoms with Gasteiger partial charge in [-0.05, 0) is 25.7 Å². The Kier molecular flexibility index (Phi) is 14.6. The number of ether oxygens (including phenoxy) is 2. The molecule has 0 aromatic carbocycles. The zero-order valence-corrected chi connectivity index (χ0v) is 16.4. The fourth-order valence-electron chi connectivity index (χ4n) is 2.38. The molecule has 0 fully saturated rings. The second kappa shape index (κ2) is 15.6. The Bertz CT molecular complexity index is 413. The summed E-state index contributed by atoms with van der Waals surface area (Å²) in [6, 6.07) is 0. The SMILES string of the molecule is CCCCCC(OC(=O)CC)C(O)CCCCC(=O)OCNC(=O)CC. The van der Waals surface area contributed by atoms with Crippen LogP contribution in [0.1, 0.15) is 85.0 Å². The first-order valence-corrected chi connectivity index (χ1v) is 9.74. The van der Waals surface area contributed by atoms with Gasteiger partial charge in [0.05, 0.1) is 6.10 Å². The van der Waals surface area contributed by atoms with Gasteiger partial charge in [-0.1, -0.05) is 40.0 Å². The maximum absolute atomic E-state index is 11.5. The van der Waals surface area contributed by atoms with Crippen LogP contribution in [0.5, 0.6) is 0 Å². The molecule has 0 heterocycles. The molecule has 26 heavy (non-hydrogen) atoms. The van der Waals surface area contributed by atoms with E-state index in [0.717, 1.165) is 19.3 Å². The Morgan fingerprint density at radius 1 is 0.923 bits per heavy atom. The molecule has 2 N–H and O–H groups in total. The van der Waals surface area contributed by atoms with Crippen molar-refractivity contribution < 1.29 is 29.0 Å². The molecule has 0 aromatic rings. The Morgan fingerprint density at radius 3 is 2.23 bits per heavy atom. The largest absolute Gasteiger partial charge is 0.460 e. The lowest BCUT2D eigenvalue weighted by Gasteiger charge is -2.23. The lowest BCUT2D eigenvalue weighted by Crippen LogP contribution is -2.31. The van der Waals surface area contributed by atoms with Gasteiger partial charge in [0.25, 0.3) is 0 Å². The number of unbranched alkanes of at least 4 members (excludes halogenated alkanes) is 3.